The van der Waals surface area contributed by atoms with Crippen molar-refractivity contribution in [1.29, 1.82) is 0 Å². The van der Waals surface area contributed by atoms with Crippen LogP contribution in [0.4, 0.5) is 0 Å². The molecule has 1 unspecified atom stereocenters. The van der Waals surface area contributed by atoms with Crippen molar-refractivity contribution in [2.45, 2.75) is 26.3 Å². The molecular formula is C14H18N2S. The van der Waals surface area contributed by atoms with E-state index in [1.807, 2.05) is 24.5 Å². The molecule has 0 aliphatic heterocycles. The van der Waals surface area contributed by atoms with Gasteiger partial charge in [0.1, 0.15) is 0 Å². The summed E-state index contributed by atoms with van der Waals surface area (Å²) in [7, 11) is 0. The number of nitrogens with one attached hydrogen (secondary N) is 1. The quantitative estimate of drug-likeness (QED) is 0.875. The van der Waals surface area contributed by atoms with Crippen LogP contribution in [0.2, 0.25) is 0 Å². The van der Waals surface area contributed by atoms with Gasteiger partial charge < -0.3 is 5.32 Å². The first-order chi connectivity index (χ1) is 8.29. The number of hydrogen-bond donors (Lipinski definition) is 1. The number of likely N-dealkylation sites (N-methyl/N-ethyl adjacent to an activating group) is 1. The van der Waals surface area contributed by atoms with Crippen molar-refractivity contribution >= 4 is 11.3 Å². The van der Waals surface area contributed by atoms with E-state index in [9.17, 15) is 0 Å². The third-order valence-corrected chi connectivity index (χ3v) is 3.67. The van der Waals surface area contributed by atoms with Crippen LogP contribution in [0.3, 0.4) is 0 Å². The number of aryl methyl sites for hydroxylation is 1. The Kier molecular flexibility index (Phi) is 4.29. The van der Waals surface area contributed by atoms with Crippen molar-refractivity contribution in [3.8, 4) is 0 Å². The lowest BCUT2D eigenvalue weighted by Gasteiger charge is -2.17. The Hall–Kier alpha value is -1.19. The molecular weight excluding hydrogens is 228 g/mol. The summed E-state index contributed by atoms with van der Waals surface area (Å²) in [5.41, 5.74) is 2.34. The summed E-state index contributed by atoms with van der Waals surface area (Å²) in [5.74, 6) is 0. The number of aromatic nitrogens is 1. The van der Waals surface area contributed by atoms with Crippen LogP contribution in [-0.2, 0) is 6.42 Å². The molecule has 2 heterocycles. The van der Waals surface area contributed by atoms with Crippen molar-refractivity contribution in [1.82, 2.24) is 10.3 Å². The fourth-order valence-electron chi connectivity index (χ4n) is 1.87. The second kappa shape index (κ2) is 5.94. The summed E-state index contributed by atoms with van der Waals surface area (Å²) < 4.78 is 0. The van der Waals surface area contributed by atoms with Gasteiger partial charge in [0.25, 0.3) is 0 Å². The zero-order chi connectivity index (χ0) is 12.1. The summed E-state index contributed by atoms with van der Waals surface area (Å²) in [5, 5.41) is 5.65. The Morgan fingerprint density at radius 2 is 2.24 bits per heavy atom. The molecule has 0 bridgehead atoms. The molecule has 3 heteroatoms. The maximum Gasteiger partial charge on any atom is 0.0384 e. The summed E-state index contributed by atoms with van der Waals surface area (Å²) in [6.45, 7) is 5.14. The van der Waals surface area contributed by atoms with Crippen LogP contribution >= 0.6 is 11.3 Å². The molecule has 0 spiro atoms. The van der Waals surface area contributed by atoms with E-state index >= 15 is 0 Å². The van der Waals surface area contributed by atoms with E-state index in [2.05, 4.69) is 46.9 Å². The van der Waals surface area contributed by atoms with Gasteiger partial charge in [0.15, 0.2) is 0 Å². The van der Waals surface area contributed by atoms with Gasteiger partial charge in [-0.3, -0.25) is 4.98 Å². The van der Waals surface area contributed by atoms with Gasteiger partial charge in [0.05, 0.1) is 0 Å². The minimum atomic E-state index is 0.367. The van der Waals surface area contributed by atoms with Gasteiger partial charge in [-0.1, -0.05) is 19.1 Å². The van der Waals surface area contributed by atoms with E-state index in [1.165, 1.54) is 10.4 Å². The minimum Gasteiger partial charge on any atom is -0.310 e. The van der Waals surface area contributed by atoms with Crippen LogP contribution in [-0.4, -0.2) is 11.5 Å². The second-order valence-corrected chi connectivity index (χ2v) is 5.16. The molecule has 0 saturated heterocycles. The van der Waals surface area contributed by atoms with Gasteiger partial charge in [-0.2, -0.15) is 0 Å². The topological polar surface area (TPSA) is 24.9 Å². The molecule has 1 atom stereocenters. The van der Waals surface area contributed by atoms with E-state index in [4.69, 9.17) is 0 Å². The van der Waals surface area contributed by atoms with Crippen LogP contribution in [0, 0.1) is 6.92 Å². The molecule has 2 rings (SSSR count). The van der Waals surface area contributed by atoms with Crippen LogP contribution in [0.1, 0.15) is 29.1 Å². The number of nitrogens with zero attached hydrogens (tertiary/aromatic N) is 1. The molecule has 0 aliphatic carbocycles. The molecule has 90 valence electrons. The highest BCUT2D eigenvalue weighted by Crippen LogP contribution is 2.20. The SMILES string of the molecule is CCNC(Cc1cccs1)c1ccc(C)nc1. The lowest BCUT2D eigenvalue weighted by molar-refractivity contribution is 0.551. The lowest BCUT2D eigenvalue weighted by Crippen LogP contribution is -2.22. The Balaban J connectivity index is 2.13. The molecule has 0 amide bonds. The second-order valence-electron chi connectivity index (χ2n) is 4.13. The van der Waals surface area contributed by atoms with Crippen molar-refractivity contribution in [3.05, 3.63) is 52.0 Å². The average molecular weight is 246 g/mol. The maximum atomic E-state index is 4.37. The Morgan fingerprint density at radius 1 is 1.35 bits per heavy atom. The van der Waals surface area contributed by atoms with E-state index in [0.717, 1.165) is 18.7 Å². The fourth-order valence-corrected chi connectivity index (χ4v) is 2.62. The molecule has 0 fully saturated rings. The van der Waals surface area contributed by atoms with Gasteiger partial charge in [0, 0.05) is 29.2 Å². The standard InChI is InChI=1S/C14H18N2S/c1-3-15-14(9-13-5-4-8-17-13)12-7-6-11(2)16-10-12/h4-8,10,14-15H,3,9H2,1-2H3. The number of thiophene rings is 1. The van der Waals surface area contributed by atoms with E-state index in [-0.39, 0.29) is 0 Å². The number of pyridine rings is 1. The monoisotopic (exact) mass is 246 g/mol. The van der Waals surface area contributed by atoms with Gasteiger partial charge in [-0.15, -0.1) is 11.3 Å². The largest absolute Gasteiger partial charge is 0.310 e. The normalized spacial score (nSPS) is 12.6. The van der Waals surface area contributed by atoms with Crippen molar-refractivity contribution in [2.24, 2.45) is 0 Å². The molecule has 1 N–H and O–H groups in total. The van der Waals surface area contributed by atoms with E-state index in [0.29, 0.717) is 6.04 Å². The molecule has 0 radical (unpaired) electrons. The molecule has 2 aromatic heterocycles. The van der Waals surface area contributed by atoms with Crippen LogP contribution < -0.4 is 5.32 Å². The van der Waals surface area contributed by atoms with Crippen molar-refractivity contribution < 1.29 is 0 Å². The van der Waals surface area contributed by atoms with Crippen molar-refractivity contribution in [3.63, 3.8) is 0 Å². The molecule has 0 saturated carbocycles. The summed E-state index contributed by atoms with van der Waals surface area (Å²) in [6.07, 6.45) is 3.02. The zero-order valence-electron chi connectivity index (χ0n) is 10.3. The highest BCUT2D eigenvalue weighted by atomic mass is 32.1. The predicted octanol–water partition coefficient (Wildman–Crippen LogP) is 3.34. The fraction of sp³-hybridized carbons (Fsp3) is 0.357. The van der Waals surface area contributed by atoms with Crippen LogP contribution in [0.25, 0.3) is 0 Å². The van der Waals surface area contributed by atoms with Crippen molar-refractivity contribution in [2.75, 3.05) is 6.54 Å². The van der Waals surface area contributed by atoms with E-state index < -0.39 is 0 Å². The summed E-state index contributed by atoms with van der Waals surface area (Å²) in [6, 6.07) is 8.91. The molecule has 17 heavy (non-hydrogen) atoms. The highest BCUT2D eigenvalue weighted by molar-refractivity contribution is 7.09. The lowest BCUT2D eigenvalue weighted by atomic mass is 10.0. The first-order valence-corrected chi connectivity index (χ1v) is 6.86. The zero-order valence-corrected chi connectivity index (χ0v) is 11.1. The molecule has 2 aromatic rings. The van der Waals surface area contributed by atoms with Gasteiger partial charge in [0.2, 0.25) is 0 Å². The highest BCUT2D eigenvalue weighted by Gasteiger charge is 2.11. The molecule has 0 aromatic carbocycles. The third-order valence-electron chi connectivity index (χ3n) is 2.77. The summed E-state index contributed by atoms with van der Waals surface area (Å²) >= 11 is 1.81. The van der Waals surface area contributed by atoms with E-state index in [1.54, 1.807) is 0 Å². The van der Waals surface area contributed by atoms with Gasteiger partial charge in [-0.05, 0) is 36.5 Å². The summed E-state index contributed by atoms with van der Waals surface area (Å²) in [4.78, 5) is 5.79. The average Bonchev–Trinajstić information content (AvgIpc) is 2.82. The van der Waals surface area contributed by atoms with Gasteiger partial charge >= 0.3 is 0 Å². The van der Waals surface area contributed by atoms with Gasteiger partial charge in [-0.25, -0.2) is 0 Å². The Bertz CT molecular complexity index is 434. The predicted molar refractivity (Wildman–Crippen MR) is 73.4 cm³/mol. The molecule has 0 aliphatic rings. The first kappa shape index (κ1) is 12.3. The Morgan fingerprint density at radius 3 is 2.82 bits per heavy atom. The van der Waals surface area contributed by atoms with Crippen LogP contribution in [0.15, 0.2) is 35.8 Å². The molecule has 2 nitrogen and oxygen atoms in total. The Labute approximate surface area is 107 Å². The first-order valence-electron chi connectivity index (χ1n) is 5.98. The third kappa shape index (κ3) is 3.38. The number of hydrogen-bond acceptors (Lipinski definition) is 3. The maximum absolute atomic E-state index is 4.37. The number of rotatable bonds is 5. The smallest absolute Gasteiger partial charge is 0.0384 e. The van der Waals surface area contributed by atoms with Crippen LogP contribution in [0.5, 0.6) is 0 Å². The minimum absolute atomic E-state index is 0.367.